The summed E-state index contributed by atoms with van der Waals surface area (Å²) in [4.78, 5) is 61.6. The van der Waals surface area contributed by atoms with Crippen molar-refractivity contribution in [1.29, 1.82) is 0 Å². The second-order valence-corrected chi connectivity index (χ2v) is 7.25. The predicted octanol–water partition coefficient (Wildman–Crippen LogP) is -2.84. The van der Waals surface area contributed by atoms with Crippen LogP contribution in [0.3, 0.4) is 0 Å². The summed E-state index contributed by atoms with van der Waals surface area (Å²) >= 11 is 0. The first-order chi connectivity index (χ1) is 16.4. The highest BCUT2D eigenvalue weighted by molar-refractivity contribution is 6.13. The number of ether oxygens (including phenoxy) is 2. The van der Waals surface area contributed by atoms with Crippen molar-refractivity contribution in [3.63, 3.8) is 0 Å². The van der Waals surface area contributed by atoms with E-state index in [1.165, 1.54) is 4.90 Å². The van der Waals surface area contributed by atoms with Crippen LogP contribution in [0.15, 0.2) is 12.2 Å². The lowest BCUT2D eigenvalue weighted by atomic mass is 10.3. The highest BCUT2D eigenvalue weighted by Crippen LogP contribution is 2.03. The molecule has 0 unspecified atom stereocenters. The Balaban J connectivity index is 2.31. The molecule has 1 heterocycles. The first-order valence-corrected chi connectivity index (χ1v) is 11.1. The number of carbonyl (C=O) groups is 5. The molecular formula is C21H34N4O9. The van der Waals surface area contributed by atoms with Crippen LogP contribution < -0.4 is 10.6 Å². The average Bonchev–Trinajstić information content (AvgIpc) is 3.14. The molecule has 0 saturated carbocycles. The van der Waals surface area contributed by atoms with Gasteiger partial charge in [-0.3, -0.25) is 28.9 Å². The summed E-state index contributed by atoms with van der Waals surface area (Å²) in [5.74, 6) is -2.14. The first kappa shape index (κ1) is 29.2. The third-order valence-corrected chi connectivity index (χ3v) is 4.54. The summed E-state index contributed by atoms with van der Waals surface area (Å²) in [6, 6.07) is 0. The number of hydrogen-bond donors (Lipinski definition) is 4. The van der Waals surface area contributed by atoms with Crippen LogP contribution in [-0.2, 0) is 33.4 Å². The SMILES string of the molecule is O=C(CCN1C(=O)C=CC1=O)NCCNC(=O)CN(CCOCCCO)C(=O)COCCCO. The van der Waals surface area contributed by atoms with E-state index in [0.717, 1.165) is 17.1 Å². The summed E-state index contributed by atoms with van der Waals surface area (Å²) in [6.45, 7) is 0.573. The molecule has 4 N–H and O–H groups in total. The second kappa shape index (κ2) is 17.6. The molecule has 0 aromatic heterocycles. The number of amides is 5. The molecule has 0 radical (unpaired) electrons. The first-order valence-electron chi connectivity index (χ1n) is 11.1. The quantitative estimate of drug-likeness (QED) is 0.111. The summed E-state index contributed by atoms with van der Waals surface area (Å²) in [7, 11) is 0. The number of nitrogens with one attached hydrogen (secondary N) is 2. The van der Waals surface area contributed by atoms with E-state index in [4.69, 9.17) is 19.7 Å². The minimum atomic E-state index is -0.457. The van der Waals surface area contributed by atoms with Crippen molar-refractivity contribution < 1.29 is 43.7 Å². The fourth-order valence-electron chi connectivity index (χ4n) is 2.74. The van der Waals surface area contributed by atoms with Crippen LogP contribution in [0.5, 0.6) is 0 Å². The Bertz CT molecular complexity index is 696. The van der Waals surface area contributed by atoms with Crippen molar-refractivity contribution >= 4 is 29.5 Å². The van der Waals surface area contributed by atoms with Gasteiger partial charge in [-0.25, -0.2) is 0 Å². The smallest absolute Gasteiger partial charge is 0.253 e. The Morgan fingerprint density at radius 2 is 1.47 bits per heavy atom. The molecular weight excluding hydrogens is 452 g/mol. The zero-order valence-corrected chi connectivity index (χ0v) is 19.2. The van der Waals surface area contributed by atoms with Crippen molar-refractivity contribution in [2.75, 3.05) is 72.4 Å². The van der Waals surface area contributed by atoms with E-state index in [-0.39, 0.29) is 78.1 Å². The van der Waals surface area contributed by atoms with Crippen molar-refractivity contribution in [2.45, 2.75) is 19.3 Å². The van der Waals surface area contributed by atoms with Crippen LogP contribution in [0, 0.1) is 0 Å². The van der Waals surface area contributed by atoms with Gasteiger partial charge in [-0.1, -0.05) is 0 Å². The zero-order chi connectivity index (χ0) is 25.2. The van der Waals surface area contributed by atoms with Gasteiger partial charge in [0.15, 0.2) is 0 Å². The van der Waals surface area contributed by atoms with Gasteiger partial charge in [-0.15, -0.1) is 0 Å². The Labute approximate surface area is 198 Å². The molecule has 0 bridgehead atoms. The van der Waals surface area contributed by atoms with E-state index >= 15 is 0 Å². The molecule has 13 nitrogen and oxygen atoms in total. The van der Waals surface area contributed by atoms with Gasteiger partial charge < -0.3 is 35.2 Å². The number of hydrogen-bond acceptors (Lipinski definition) is 9. The molecule has 1 aliphatic heterocycles. The number of imide groups is 1. The van der Waals surface area contributed by atoms with E-state index < -0.39 is 23.6 Å². The average molecular weight is 487 g/mol. The highest BCUT2D eigenvalue weighted by atomic mass is 16.5. The number of carbonyl (C=O) groups excluding carboxylic acids is 5. The van der Waals surface area contributed by atoms with Crippen LogP contribution in [0.25, 0.3) is 0 Å². The maximum Gasteiger partial charge on any atom is 0.253 e. The third kappa shape index (κ3) is 12.4. The van der Waals surface area contributed by atoms with Crippen LogP contribution in [0.2, 0.25) is 0 Å². The maximum absolute atomic E-state index is 12.4. The van der Waals surface area contributed by atoms with Crippen molar-refractivity contribution in [3.05, 3.63) is 12.2 Å². The molecule has 0 saturated heterocycles. The molecule has 5 amide bonds. The fourth-order valence-corrected chi connectivity index (χ4v) is 2.74. The minimum Gasteiger partial charge on any atom is -0.396 e. The minimum absolute atomic E-state index is 0.00794. The number of rotatable bonds is 19. The van der Waals surface area contributed by atoms with Gasteiger partial charge in [0.05, 0.1) is 13.2 Å². The summed E-state index contributed by atoms with van der Waals surface area (Å²) in [6.07, 6.45) is 3.10. The molecule has 13 heteroatoms. The zero-order valence-electron chi connectivity index (χ0n) is 19.2. The molecule has 0 aromatic carbocycles. The van der Waals surface area contributed by atoms with E-state index in [1.807, 2.05) is 0 Å². The van der Waals surface area contributed by atoms with Crippen LogP contribution >= 0.6 is 0 Å². The maximum atomic E-state index is 12.4. The molecule has 0 spiro atoms. The van der Waals surface area contributed by atoms with Crippen LogP contribution in [0.4, 0.5) is 0 Å². The van der Waals surface area contributed by atoms with Gasteiger partial charge in [0.1, 0.15) is 6.61 Å². The highest BCUT2D eigenvalue weighted by Gasteiger charge is 2.23. The monoisotopic (exact) mass is 486 g/mol. The molecule has 0 atom stereocenters. The van der Waals surface area contributed by atoms with Crippen molar-refractivity contribution in [2.24, 2.45) is 0 Å². The molecule has 192 valence electrons. The van der Waals surface area contributed by atoms with Gasteiger partial charge in [0, 0.05) is 71.2 Å². The Morgan fingerprint density at radius 1 is 0.882 bits per heavy atom. The Kier molecular flexibility index (Phi) is 15.1. The van der Waals surface area contributed by atoms with Crippen molar-refractivity contribution in [3.8, 4) is 0 Å². The Hall–Kier alpha value is -2.87. The van der Waals surface area contributed by atoms with Gasteiger partial charge in [-0.2, -0.15) is 0 Å². The van der Waals surface area contributed by atoms with Gasteiger partial charge in [-0.05, 0) is 12.8 Å². The lowest BCUT2D eigenvalue weighted by Gasteiger charge is -2.22. The number of nitrogens with zero attached hydrogens (tertiary/aromatic N) is 2. The topological polar surface area (TPSA) is 175 Å². The summed E-state index contributed by atoms with van der Waals surface area (Å²) in [5.41, 5.74) is 0. The number of aliphatic hydroxyl groups excluding tert-OH is 2. The van der Waals surface area contributed by atoms with E-state index in [0.29, 0.717) is 19.4 Å². The normalized spacial score (nSPS) is 12.8. The number of aliphatic hydroxyl groups is 2. The molecule has 1 rings (SSSR count). The summed E-state index contributed by atoms with van der Waals surface area (Å²) in [5, 5.41) is 22.7. The van der Waals surface area contributed by atoms with Gasteiger partial charge in [0.25, 0.3) is 11.8 Å². The molecule has 0 aromatic rings. The lowest BCUT2D eigenvalue weighted by Crippen LogP contribution is -2.45. The standard InChI is InChI=1S/C21H34N4O9/c26-10-1-12-33-14-9-24(21(32)16-34-13-2-11-27)15-18(29)23-7-6-22-17(28)5-8-25-19(30)3-4-20(25)31/h3-4,26-27H,1-2,5-16H2,(H,22,28)(H,23,29). The molecule has 34 heavy (non-hydrogen) atoms. The molecule has 0 fully saturated rings. The Morgan fingerprint density at radius 3 is 2.09 bits per heavy atom. The third-order valence-electron chi connectivity index (χ3n) is 4.54. The summed E-state index contributed by atoms with van der Waals surface area (Å²) < 4.78 is 10.5. The van der Waals surface area contributed by atoms with E-state index in [9.17, 15) is 24.0 Å². The largest absolute Gasteiger partial charge is 0.396 e. The molecule has 1 aliphatic rings. The van der Waals surface area contributed by atoms with E-state index in [1.54, 1.807) is 0 Å². The fraction of sp³-hybridized carbons (Fsp3) is 0.667. The van der Waals surface area contributed by atoms with Gasteiger partial charge in [0.2, 0.25) is 17.7 Å². The van der Waals surface area contributed by atoms with Crippen molar-refractivity contribution in [1.82, 2.24) is 20.4 Å². The second-order valence-electron chi connectivity index (χ2n) is 7.25. The molecule has 0 aliphatic carbocycles. The van der Waals surface area contributed by atoms with Crippen LogP contribution in [-0.4, -0.2) is 122 Å². The predicted molar refractivity (Wildman–Crippen MR) is 118 cm³/mol. The van der Waals surface area contributed by atoms with E-state index in [2.05, 4.69) is 10.6 Å². The van der Waals surface area contributed by atoms with Crippen LogP contribution in [0.1, 0.15) is 19.3 Å². The lowest BCUT2D eigenvalue weighted by molar-refractivity contribution is -0.140. The van der Waals surface area contributed by atoms with Gasteiger partial charge >= 0.3 is 0 Å².